The number of ketones is 1. The molecule has 0 radical (unpaired) electrons. The largest absolute Gasteiger partial charge is 0.481 e. The van der Waals surface area contributed by atoms with Crippen molar-refractivity contribution in [3.05, 3.63) is 35.4 Å². The van der Waals surface area contributed by atoms with E-state index >= 15 is 0 Å². The molecule has 1 saturated heterocycles. The molecule has 2 atom stereocenters. The van der Waals surface area contributed by atoms with Crippen LogP contribution in [0.15, 0.2) is 24.3 Å². The number of amides is 1. The van der Waals surface area contributed by atoms with Crippen LogP contribution in [0.4, 0.5) is 0 Å². The Bertz CT molecular complexity index is 666. The Morgan fingerprint density at radius 1 is 1.21 bits per heavy atom. The molecule has 5 heteroatoms. The fourth-order valence-electron chi connectivity index (χ4n) is 4.09. The first-order valence-electron chi connectivity index (χ1n) is 8.53. The van der Waals surface area contributed by atoms with Gasteiger partial charge in [-0.3, -0.25) is 14.4 Å². The Morgan fingerprint density at radius 2 is 1.92 bits per heavy atom. The summed E-state index contributed by atoms with van der Waals surface area (Å²) in [5, 5.41) is 9.57. The van der Waals surface area contributed by atoms with Gasteiger partial charge in [-0.05, 0) is 25.7 Å². The zero-order valence-corrected chi connectivity index (χ0v) is 14.0. The molecule has 1 aliphatic heterocycles. The lowest BCUT2D eigenvalue weighted by atomic mass is 9.81. The molecule has 0 aromatic heterocycles. The molecule has 3 rings (SSSR count). The molecular weight excluding hydrogens is 306 g/mol. The summed E-state index contributed by atoms with van der Waals surface area (Å²) in [6, 6.07) is 7.32. The van der Waals surface area contributed by atoms with Gasteiger partial charge in [-0.25, -0.2) is 0 Å². The summed E-state index contributed by atoms with van der Waals surface area (Å²) < 4.78 is 0. The number of rotatable bonds is 5. The highest BCUT2D eigenvalue weighted by atomic mass is 16.4. The summed E-state index contributed by atoms with van der Waals surface area (Å²) in [5.41, 5.74) is 0.954. The standard InChI is InChI=1S/C19H23NO4/c1-13-4-6-14(7-5-13)16(21)8-9-17(22)20-11-15-3-2-10-19(15,12-20)18(23)24/h4-7,15H,2-3,8-12H2,1H3,(H,23,24)/t15-,19+/m0/s1. The van der Waals surface area contributed by atoms with Crippen molar-refractivity contribution in [2.45, 2.75) is 39.0 Å². The highest BCUT2D eigenvalue weighted by molar-refractivity contribution is 5.98. The van der Waals surface area contributed by atoms with Crippen LogP contribution in [0.5, 0.6) is 0 Å². The summed E-state index contributed by atoms with van der Waals surface area (Å²) in [4.78, 5) is 37.9. The maximum Gasteiger partial charge on any atom is 0.311 e. The van der Waals surface area contributed by atoms with E-state index in [0.29, 0.717) is 25.1 Å². The van der Waals surface area contributed by atoms with Gasteiger partial charge < -0.3 is 10.0 Å². The number of carboxylic acid groups (broad SMARTS) is 1. The maximum atomic E-state index is 12.4. The number of hydrogen-bond acceptors (Lipinski definition) is 3. The third-order valence-corrected chi connectivity index (χ3v) is 5.59. The summed E-state index contributed by atoms with van der Waals surface area (Å²) in [7, 11) is 0. The number of carbonyl (C=O) groups is 3. The van der Waals surface area contributed by atoms with Gasteiger partial charge in [-0.2, -0.15) is 0 Å². The van der Waals surface area contributed by atoms with Gasteiger partial charge in [0.2, 0.25) is 5.91 Å². The molecule has 1 amide bonds. The maximum absolute atomic E-state index is 12.4. The van der Waals surface area contributed by atoms with Crippen LogP contribution in [-0.4, -0.2) is 40.8 Å². The number of aliphatic carboxylic acids is 1. The topological polar surface area (TPSA) is 74.7 Å². The predicted molar refractivity (Wildman–Crippen MR) is 88.7 cm³/mol. The van der Waals surface area contributed by atoms with Crippen molar-refractivity contribution in [1.29, 1.82) is 0 Å². The molecule has 24 heavy (non-hydrogen) atoms. The second-order valence-electron chi connectivity index (χ2n) is 7.11. The molecule has 1 heterocycles. The monoisotopic (exact) mass is 329 g/mol. The molecule has 1 aliphatic carbocycles. The van der Waals surface area contributed by atoms with Gasteiger partial charge >= 0.3 is 5.97 Å². The van der Waals surface area contributed by atoms with Crippen LogP contribution in [0.1, 0.15) is 48.0 Å². The number of Topliss-reactive ketones (excluding diaryl/α,β-unsaturated/α-hetero) is 1. The van der Waals surface area contributed by atoms with Gasteiger partial charge in [0.15, 0.2) is 5.78 Å². The number of carboxylic acids is 1. The fraction of sp³-hybridized carbons (Fsp3) is 0.526. The van der Waals surface area contributed by atoms with Crippen LogP contribution in [0.3, 0.4) is 0 Å². The minimum Gasteiger partial charge on any atom is -0.481 e. The zero-order valence-electron chi connectivity index (χ0n) is 14.0. The third kappa shape index (κ3) is 2.95. The van der Waals surface area contributed by atoms with Gasteiger partial charge in [0.25, 0.3) is 0 Å². The first kappa shape index (κ1) is 16.7. The summed E-state index contributed by atoms with van der Waals surface area (Å²) >= 11 is 0. The quantitative estimate of drug-likeness (QED) is 0.843. The van der Waals surface area contributed by atoms with Crippen molar-refractivity contribution in [2.24, 2.45) is 11.3 Å². The minimum atomic E-state index is -0.781. The molecule has 0 unspecified atom stereocenters. The van der Waals surface area contributed by atoms with Gasteiger partial charge in [0, 0.05) is 31.5 Å². The Kier molecular flexibility index (Phi) is 4.43. The van der Waals surface area contributed by atoms with E-state index in [-0.39, 0.29) is 30.4 Å². The van der Waals surface area contributed by atoms with Crippen molar-refractivity contribution >= 4 is 17.7 Å². The molecule has 2 fully saturated rings. The number of benzene rings is 1. The van der Waals surface area contributed by atoms with Crippen LogP contribution in [0, 0.1) is 18.3 Å². The van der Waals surface area contributed by atoms with Crippen LogP contribution in [0.25, 0.3) is 0 Å². The molecule has 128 valence electrons. The van der Waals surface area contributed by atoms with Crippen molar-refractivity contribution in [3.8, 4) is 0 Å². The molecule has 5 nitrogen and oxygen atoms in total. The molecule has 1 saturated carbocycles. The van der Waals surface area contributed by atoms with E-state index < -0.39 is 11.4 Å². The highest BCUT2D eigenvalue weighted by Crippen LogP contribution is 2.49. The normalized spacial score (nSPS) is 25.5. The van der Waals surface area contributed by atoms with E-state index in [4.69, 9.17) is 0 Å². The molecular formula is C19H23NO4. The zero-order chi connectivity index (χ0) is 17.3. The fourth-order valence-corrected chi connectivity index (χ4v) is 4.09. The molecule has 2 aliphatic rings. The second-order valence-corrected chi connectivity index (χ2v) is 7.11. The smallest absolute Gasteiger partial charge is 0.311 e. The number of nitrogens with zero attached hydrogens (tertiary/aromatic N) is 1. The van der Waals surface area contributed by atoms with Gasteiger partial charge in [-0.1, -0.05) is 36.2 Å². The average Bonchev–Trinajstić information content (AvgIpc) is 3.11. The lowest BCUT2D eigenvalue weighted by Gasteiger charge is -2.23. The SMILES string of the molecule is Cc1ccc(C(=O)CCC(=O)N2C[C@@H]3CCC[C@@]3(C(=O)O)C2)cc1. The van der Waals surface area contributed by atoms with E-state index in [9.17, 15) is 19.5 Å². The average molecular weight is 329 g/mol. The summed E-state index contributed by atoms with van der Waals surface area (Å²) in [6.45, 7) is 2.77. The lowest BCUT2D eigenvalue weighted by Crippen LogP contribution is -2.37. The first-order valence-corrected chi connectivity index (χ1v) is 8.53. The van der Waals surface area contributed by atoms with E-state index in [1.807, 2.05) is 19.1 Å². The first-order chi connectivity index (χ1) is 11.4. The van der Waals surface area contributed by atoms with Crippen LogP contribution < -0.4 is 0 Å². The van der Waals surface area contributed by atoms with Crippen molar-refractivity contribution in [2.75, 3.05) is 13.1 Å². The summed E-state index contributed by atoms with van der Waals surface area (Å²) in [6.07, 6.45) is 2.76. The Balaban J connectivity index is 1.57. The van der Waals surface area contributed by atoms with E-state index in [0.717, 1.165) is 18.4 Å². The lowest BCUT2D eigenvalue weighted by molar-refractivity contribution is -0.149. The molecule has 1 aromatic rings. The van der Waals surface area contributed by atoms with Crippen LogP contribution in [0.2, 0.25) is 0 Å². The molecule has 0 spiro atoms. The number of fused-ring (bicyclic) bond motifs is 1. The van der Waals surface area contributed by atoms with Crippen molar-refractivity contribution in [3.63, 3.8) is 0 Å². The van der Waals surface area contributed by atoms with E-state index in [1.54, 1.807) is 17.0 Å². The number of carbonyl (C=O) groups excluding carboxylic acids is 2. The van der Waals surface area contributed by atoms with E-state index in [2.05, 4.69) is 0 Å². The third-order valence-electron chi connectivity index (χ3n) is 5.59. The Labute approximate surface area is 141 Å². The van der Waals surface area contributed by atoms with Crippen LogP contribution >= 0.6 is 0 Å². The second kappa shape index (κ2) is 6.38. The number of hydrogen-bond donors (Lipinski definition) is 1. The Hall–Kier alpha value is -2.17. The number of aryl methyl sites for hydroxylation is 1. The van der Waals surface area contributed by atoms with Crippen LogP contribution in [-0.2, 0) is 9.59 Å². The summed E-state index contributed by atoms with van der Waals surface area (Å²) in [5.74, 6) is -0.871. The Morgan fingerprint density at radius 3 is 2.54 bits per heavy atom. The van der Waals surface area contributed by atoms with Gasteiger partial charge in [-0.15, -0.1) is 0 Å². The van der Waals surface area contributed by atoms with Gasteiger partial charge in [0.1, 0.15) is 0 Å². The van der Waals surface area contributed by atoms with E-state index in [1.165, 1.54) is 0 Å². The highest BCUT2D eigenvalue weighted by Gasteiger charge is 2.55. The molecule has 0 bridgehead atoms. The van der Waals surface area contributed by atoms with Gasteiger partial charge in [0.05, 0.1) is 5.41 Å². The minimum absolute atomic E-state index is 0.0457. The van der Waals surface area contributed by atoms with Crippen molar-refractivity contribution in [1.82, 2.24) is 4.90 Å². The number of likely N-dealkylation sites (tertiary alicyclic amines) is 1. The predicted octanol–water partition coefficient (Wildman–Crippen LogP) is 2.67. The molecule has 1 aromatic carbocycles. The van der Waals surface area contributed by atoms with Crippen molar-refractivity contribution < 1.29 is 19.5 Å². The molecule has 1 N–H and O–H groups in total.